The minimum atomic E-state index is -2.66. The van der Waals surface area contributed by atoms with E-state index in [1.807, 2.05) is 36.1 Å². The monoisotopic (exact) mass is 682 g/mol. The molecule has 0 unspecified atom stereocenters. The molecule has 1 N–H and O–H groups in total. The molecule has 1 saturated carbocycles. The van der Waals surface area contributed by atoms with E-state index >= 15 is 4.39 Å². The van der Waals surface area contributed by atoms with Gasteiger partial charge in [-0.1, -0.05) is 23.7 Å². The van der Waals surface area contributed by atoms with Gasteiger partial charge in [-0.15, -0.1) is 0 Å². The number of aromatic nitrogens is 5. The normalized spacial score (nSPS) is 24.7. The van der Waals surface area contributed by atoms with Crippen molar-refractivity contribution in [1.82, 2.24) is 29.8 Å². The minimum Gasteiger partial charge on any atom is -0.497 e. The van der Waals surface area contributed by atoms with Crippen molar-refractivity contribution in [2.75, 3.05) is 50.2 Å². The molecule has 3 aliphatic heterocycles. The van der Waals surface area contributed by atoms with Crippen molar-refractivity contribution in [1.29, 1.82) is 0 Å². The number of fused-ring (bicyclic) bond motifs is 1. The average Bonchev–Trinajstić information content (AvgIpc) is 3.29. The molecule has 2 saturated heterocycles. The summed E-state index contributed by atoms with van der Waals surface area (Å²) in [6.45, 7) is 4.23. The molecule has 252 valence electrons. The minimum absolute atomic E-state index is 0.0735. The van der Waals surface area contributed by atoms with Gasteiger partial charge in [-0.05, 0) is 50.4 Å². The Balaban J connectivity index is 1.12. The van der Waals surface area contributed by atoms with Crippen LogP contribution in [-0.2, 0) is 6.54 Å². The van der Waals surface area contributed by atoms with Gasteiger partial charge in [-0.2, -0.15) is 15.0 Å². The highest BCUT2D eigenvalue weighted by Crippen LogP contribution is 2.69. The summed E-state index contributed by atoms with van der Waals surface area (Å²) in [6.07, 6.45) is 5.08. The Bertz CT molecular complexity index is 1890. The summed E-state index contributed by atoms with van der Waals surface area (Å²) < 4.78 is 62.0. The number of hydrogen-bond acceptors (Lipinski definition) is 11. The molecule has 48 heavy (non-hydrogen) atoms. The Hall–Kier alpha value is -4.17. The first-order chi connectivity index (χ1) is 23.1. The lowest BCUT2D eigenvalue weighted by molar-refractivity contribution is 0.0647. The van der Waals surface area contributed by atoms with Crippen molar-refractivity contribution >= 4 is 34.1 Å². The summed E-state index contributed by atoms with van der Waals surface area (Å²) in [5.74, 6) is -1.64. The third kappa shape index (κ3) is 5.11. The maximum absolute atomic E-state index is 15.7. The Kier molecular flexibility index (Phi) is 7.44. The van der Waals surface area contributed by atoms with Crippen molar-refractivity contribution in [3.63, 3.8) is 0 Å². The smallest absolute Gasteiger partial charge is 0.319 e. The van der Waals surface area contributed by atoms with Gasteiger partial charge >= 0.3 is 6.01 Å². The number of nitrogens with one attached hydrogen (secondary N) is 1. The van der Waals surface area contributed by atoms with Gasteiger partial charge in [0.05, 0.1) is 30.7 Å². The number of pyridine rings is 1. The summed E-state index contributed by atoms with van der Waals surface area (Å²) in [5, 5.41) is 3.29. The highest BCUT2D eigenvalue weighted by Gasteiger charge is 2.77. The molecule has 6 heterocycles. The van der Waals surface area contributed by atoms with Crippen LogP contribution < -0.4 is 24.4 Å². The van der Waals surface area contributed by atoms with Crippen molar-refractivity contribution in [3.8, 4) is 17.6 Å². The summed E-state index contributed by atoms with van der Waals surface area (Å²) in [5.41, 5.74) is 0.165. The second-order valence-corrected chi connectivity index (χ2v) is 13.6. The molecular weight excluding hydrogens is 649 g/mol. The number of nitrogens with zero attached hydrogens (tertiary/aromatic N) is 7. The molecule has 3 fully saturated rings. The second-order valence-electron chi connectivity index (χ2n) is 13.2. The van der Waals surface area contributed by atoms with Crippen LogP contribution in [0.5, 0.6) is 17.6 Å². The number of benzene rings is 1. The van der Waals surface area contributed by atoms with Crippen LogP contribution in [0, 0.1) is 11.2 Å². The SMILES string of the molecule is COc1ccc(CNc2ncncc2[C@@H](C)N2CCOc3nc(Cl)c(F)c4nc(OC[C@@]56CCCN5C[C@]5(CC5(F)F)C6)nc2c34)cc1. The van der Waals surface area contributed by atoms with Crippen LogP contribution in [0.15, 0.2) is 36.8 Å². The van der Waals surface area contributed by atoms with E-state index in [2.05, 4.69) is 30.2 Å². The first kappa shape index (κ1) is 31.1. The van der Waals surface area contributed by atoms with Gasteiger partial charge in [0.2, 0.25) is 5.88 Å². The number of alkyl halides is 2. The van der Waals surface area contributed by atoms with E-state index in [-0.39, 0.29) is 53.6 Å². The third-order valence-corrected chi connectivity index (χ3v) is 10.6. The van der Waals surface area contributed by atoms with E-state index in [0.717, 1.165) is 36.3 Å². The molecule has 0 bridgehead atoms. The third-order valence-electron chi connectivity index (χ3n) is 10.4. The largest absolute Gasteiger partial charge is 0.497 e. The standard InChI is InChI=1S/C33H34ClF3N8O3/c1-19(22-13-38-18-40-27(22)39-12-20-4-6-21(46-2)7-5-20)45-10-11-47-29-23-25(24(35)26(34)42-29)41-30(43-28(23)45)48-17-32-8-3-9-44(32)16-31(14-32)15-33(31,36)37/h4-7,13,18-19H,3,8-12,14-17H2,1-2H3,(H,38,39,40)/t19-,31-,32+/m1/s1. The van der Waals surface area contributed by atoms with Crippen LogP contribution in [0.25, 0.3) is 10.9 Å². The molecule has 1 aliphatic carbocycles. The predicted octanol–water partition coefficient (Wildman–Crippen LogP) is 5.83. The number of anilines is 2. The van der Waals surface area contributed by atoms with E-state index < -0.39 is 22.7 Å². The van der Waals surface area contributed by atoms with Crippen molar-refractivity contribution in [2.45, 2.75) is 56.7 Å². The van der Waals surface area contributed by atoms with Crippen molar-refractivity contribution in [3.05, 3.63) is 58.9 Å². The highest BCUT2D eigenvalue weighted by molar-refractivity contribution is 6.30. The van der Waals surface area contributed by atoms with Gasteiger partial charge in [0, 0.05) is 31.3 Å². The van der Waals surface area contributed by atoms with Gasteiger partial charge in [0.25, 0.3) is 5.92 Å². The molecule has 3 atom stereocenters. The highest BCUT2D eigenvalue weighted by atomic mass is 35.5. The lowest BCUT2D eigenvalue weighted by Crippen LogP contribution is -2.43. The van der Waals surface area contributed by atoms with Gasteiger partial charge in [-0.3, -0.25) is 4.90 Å². The number of halogens is 4. The molecular formula is C33H34ClF3N8O3. The fraction of sp³-hybridized carbons (Fsp3) is 0.485. The summed E-state index contributed by atoms with van der Waals surface area (Å²) in [4.78, 5) is 26.3. The molecule has 8 rings (SSSR count). The zero-order valence-electron chi connectivity index (χ0n) is 26.5. The van der Waals surface area contributed by atoms with Gasteiger partial charge in [0.1, 0.15) is 47.8 Å². The molecule has 11 nitrogen and oxygen atoms in total. The van der Waals surface area contributed by atoms with E-state index in [1.54, 1.807) is 13.3 Å². The average molecular weight is 683 g/mol. The fourth-order valence-electron chi connectivity index (χ4n) is 7.72. The van der Waals surface area contributed by atoms with Crippen LogP contribution in [0.3, 0.4) is 0 Å². The molecule has 4 aliphatic rings. The Morgan fingerprint density at radius 2 is 1.94 bits per heavy atom. The fourth-order valence-corrected chi connectivity index (χ4v) is 7.88. The molecule has 1 spiro atoms. The van der Waals surface area contributed by atoms with E-state index in [1.165, 1.54) is 6.33 Å². The number of rotatable bonds is 9. The quantitative estimate of drug-likeness (QED) is 0.215. The summed E-state index contributed by atoms with van der Waals surface area (Å²) in [7, 11) is 1.62. The number of methoxy groups -OCH3 is 1. The second kappa shape index (κ2) is 11.5. The van der Waals surface area contributed by atoms with E-state index in [0.29, 0.717) is 37.7 Å². The van der Waals surface area contributed by atoms with Crippen LogP contribution in [0.1, 0.15) is 49.8 Å². The lowest BCUT2D eigenvalue weighted by Gasteiger charge is -2.32. The van der Waals surface area contributed by atoms with Crippen LogP contribution in [-0.4, -0.2) is 81.2 Å². The zero-order chi connectivity index (χ0) is 33.3. The molecule has 3 aromatic heterocycles. The summed E-state index contributed by atoms with van der Waals surface area (Å²) in [6, 6.07) is 7.28. The predicted molar refractivity (Wildman–Crippen MR) is 172 cm³/mol. The van der Waals surface area contributed by atoms with E-state index in [9.17, 15) is 8.78 Å². The lowest BCUT2D eigenvalue weighted by atomic mass is 9.89. The molecule has 4 aromatic rings. The summed E-state index contributed by atoms with van der Waals surface area (Å²) >= 11 is 6.20. The Morgan fingerprint density at radius 1 is 1.12 bits per heavy atom. The molecule has 15 heteroatoms. The Morgan fingerprint density at radius 3 is 2.71 bits per heavy atom. The van der Waals surface area contributed by atoms with Crippen LogP contribution in [0.4, 0.5) is 24.8 Å². The Labute approximate surface area is 279 Å². The number of hydrogen-bond donors (Lipinski definition) is 1. The van der Waals surface area contributed by atoms with Gasteiger partial charge < -0.3 is 24.4 Å². The topological polar surface area (TPSA) is 111 Å². The zero-order valence-corrected chi connectivity index (χ0v) is 27.2. The van der Waals surface area contributed by atoms with Crippen molar-refractivity contribution in [2.24, 2.45) is 5.41 Å². The molecule has 1 aromatic carbocycles. The maximum atomic E-state index is 15.7. The van der Waals surface area contributed by atoms with Crippen molar-refractivity contribution < 1.29 is 27.4 Å². The molecule has 0 amide bonds. The maximum Gasteiger partial charge on any atom is 0.319 e. The van der Waals surface area contributed by atoms with Crippen LogP contribution in [0.2, 0.25) is 5.15 Å². The van der Waals surface area contributed by atoms with E-state index in [4.69, 9.17) is 30.8 Å². The first-order valence-electron chi connectivity index (χ1n) is 16.0. The number of ether oxygens (including phenoxy) is 3. The first-order valence-corrected chi connectivity index (χ1v) is 16.4. The van der Waals surface area contributed by atoms with Crippen LogP contribution >= 0.6 is 11.6 Å². The molecule has 0 radical (unpaired) electrons. The van der Waals surface area contributed by atoms with Gasteiger partial charge in [0.15, 0.2) is 11.0 Å². The van der Waals surface area contributed by atoms with Gasteiger partial charge in [-0.25, -0.2) is 23.1 Å².